The number of para-hydroxylation sites is 2. The molecule has 4 aromatic rings. The molecule has 5 rings (SSSR count). The number of allylic oxidation sites excluding steroid dienone is 1. The lowest BCUT2D eigenvalue weighted by molar-refractivity contribution is -0.113. The van der Waals surface area contributed by atoms with Crippen molar-refractivity contribution in [3.63, 3.8) is 0 Å². The Hall–Kier alpha value is -4.86. The number of ether oxygens (including phenoxy) is 3. The SMILES string of the molecule is CCOc1cc([C@H]2C(C(=O)Nc3ccccc3OC)=C(C)Nc3ncnn32)ccc1OCc1ccccc1F. The number of hydrogen-bond donors (Lipinski definition) is 2. The summed E-state index contributed by atoms with van der Waals surface area (Å²) in [6.45, 7) is 4.11. The number of nitrogens with one attached hydrogen (secondary N) is 2. The summed E-state index contributed by atoms with van der Waals surface area (Å²) in [5, 5.41) is 10.5. The quantitative estimate of drug-likeness (QED) is 0.302. The standard InChI is InChI=1S/C29H28FN5O4/c1-4-38-25-15-19(13-14-24(25)39-16-20-9-5-6-10-21(20)30)27-26(18(2)33-29-31-17-32-35(27)29)28(36)34-22-11-7-8-12-23(22)37-3/h5-15,17,27H,4,16H2,1-3H3,(H,34,36)(H,31,32,33)/t27-/m0/s1. The molecule has 0 bridgehead atoms. The van der Waals surface area contributed by atoms with E-state index in [-0.39, 0.29) is 18.3 Å². The van der Waals surface area contributed by atoms with Gasteiger partial charge in [-0.05, 0) is 49.7 Å². The molecule has 9 nitrogen and oxygen atoms in total. The van der Waals surface area contributed by atoms with Crippen LogP contribution in [-0.4, -0.2) is 34.4 Å². The van der Waals surface area contributed by atoms with Gasteiger partial charge in [-0.3, -0.25) is 4.79 Å². The van der Waals surface area contributed by atoms with Gasteiger partial charge in [0.05, 0.1) is 25.0 Å². The molecule has 10 heteroatoms. The van der Waals surface area contributed by atoms with Crippen molar-refractivity contribution < 1.29 is 23.4 Å². The Morgan fingerprint density at radius 1 is 1.05 bits per heavy atom. The third-order valence-corrected chi connectivity index (χ3v) is 6.32. The number of carbonyl (C=O) groups excluding carboxylic acids is 1. The van der Waals surface area contributed by atoms with Gasteiger partial charge in [0.2, 0.25) is 5.95 Å². The summed E-state index contributed by atoms with van der Waals surface area (Å²) < 4.78 is 33.0. The highest BCUT2D eigenvalue weighted by Gasteiger charge is 2.34. The van der Waals surface area contributed by atoms with E-state index in [1.54, 1.807) is 48.2 Å². The smallest absolute Gasteiger partial charge is 0.255 e. The zero-order valence-corrected chi connectivity index (χ0v) is 21.8. The summed E-state index contributed by atoms with van der Waals surface area (Å²) in [5.74, 6) is 1.30. The van der Waals surface area contributed by atoms with Gasteiger partial charge in [0.15, 0.2) is 11.5 Å². The molecule has 200 valence electrons. The molecule has 0 aliphatic carbocycles. The second kappa shape index (κ2) is 11.3. The molecule has 0 radical (unpaired) electrons. The van der Waals surface area contributed by atoms with Crippen LogP contribution in [0.3, 0.4) is 0 Å². The molecule has 0 saturated heterocycles. The van der Waals surface area contributed by atoms with Crippen molar-refractivity contribution in [3.8, 4) is 17.2 Å². The maximum Gasteiger partial charge on any atom is 0.255 e. The van der Waals surface area contributed by atoms with Crippen molar-refractivity contribution in [2.75, 3.05) is 24.4 Å². The first-order valence-electron chi connectivity index (χ1n) is 12.4. The number of hydrogen-bond acceptors (Lipinski definition) is 7. The van der Waals surface area contributed by atoms with Gasteiger partial charge in [-0.2, -0.15) is 10.1 Å². The zero-order valence-electron chi connectivity index (χ0n) is 21.8. The molecule has 0 saturated carbocycles. The molecule has 2 N–H and O–H groups in total. The van der Waals surface area contributed by atoms with E-state index in [9.17, 15) is 9.18 Å². The van der Waals surface area contributed by atoms with Crippen molar-refractivity contribution in [1.82, 2.24) is 14.8 Å². The normalized spacial score (nSPS) is 14.3. The molecular formula is C29H28FN5O4. The summed E-state index contributed by atoms with van der Waals surface area (Å²) in [6.07, 6.45) is 1.43. The number of halogens is 1. The minimum absolute atomic E-state index is 0.0399. The fraction of sp³-hybridized carbons (Fsp3) is 0.207. The first kappa shape index (κ1) is 25.8. The van der Waals surface area contributed by atoms with E-state index in [1.165, 1.54) is 12.4 Å². The number of benzene rings is 3. The van der Waals surface area contributed by atoms with Crippen molar-refractivity contribution in [3.05, 3.63) is 101 Å². The Labute approximate surface area is 225 Å². The summed E-state index contributed by atoms with van der Waals surface area (Å²) in [7, 11) is 1.55. The molecule has 0 unspecified atom stereocenters. The van der Waals surface area contributed by atoms with Crippen LogP contribution in [0.1, 0.15) is 31.0 Å². The maximum absolute atomic E-state index is 14.1. The molecule has 1 aromatic heterocycles. The maximum atomic E-state index is 14.1. The third kappa shape index (κ3) is 5.26. The predicted molar refractivity (Wildman–Crippen MR) is 144 cm³/mol. The highest BCUT2D eigenvalue weighted by Crippen LogP contribution is 2.39. The average Bonchev–Trinajstić information content (AvgIpc) is 3.41. The zero-order chi connectivity index (χ0) is 27.4. The fourth-order valence-corrected chi connectivity index (χ4v) is 4.48. The lowest BCUT2D eigenvalue weighted by Gasteiger charge is -2.29. The molecule has 1 aliphatic rings. The fourth-order valence-electron chi connectivity index (χ4n) is 4.48. The van der Waals surface area contributed by atoms with Crippen LogP contribution in [0.15, 0.2) is 84.3 Å². The second-order valence-electron chi connectivity index (χ2n) is 8.77. The largest absolute Gasteiger partial charge is 0.495 e. The van der Waals surface area contributed by atoms with Gasteiger partial charge in [-0.25, -0.2) is 9.07 Å². The summed E-state index contributed by atoms with van der Waals surface area (Å²) in [4.78, 5) is 18.0. The molecule has 0 spiro atoms. The van der Waals surface area contributed by atoms with Crippen LogP contribution < -0.4 is 24.8 Å². The van der Waals surface area contributed by atoms with Gasteiger partial charge < -0.3 is 24.8 Å². The molecule has 1 amide bonds. The van der Waals surface area contributed by atoms with Gasteiger partial charge >= 0.3 is 0 Å². The summed E-state index contributed by atoms with van der Waals surface area (Å²) in [6, 6.07) is 18.4. The van der Waals surface area contributed by atoms with Gasteiger partial charge in [-0.1, -0.05) is 36.4 Å². The van der Waals surface area contributed by atoms with Gasteiger partial charge in [0.25, 0.3) is 5.91 Å². The van der Waals surface area contributed by atoms with Gasteiger partial charge in [-0.15, -0.1) is 0 Å². The van der Waals surface area contributed by atoms with Crippen LogP contribution in [0.2, 0.25) is 0 Å². The van der Waals surface area contributed by atoms with E-state index in [0.717, 1.165) is 5.56 Å². The van der Waals surface area contributed by atoms with Crippen LogP contribution in [0.4, 0.5) is 16.0 Å². The van der Waals surface area contributed by atoms with Crippen LogP contribution in [0.5, 0.6) is 17.2 Å². The van der Waals surface area contributed by atoms with Gasteiger partial charge in [0, 0.05) is 11.3 Å². The molecular weight excluding hydrogens is 501 g/mol. The number of amides is 1. The first-order valence-corrected chi connectivity index (χ1v) is 12.4. The van der Waals surface area contributed by atoms with Crippen molar-refractivity contribution in [1.29, 1.82) is 0 Å². The van der Waals surface area contributed by atoms with Crippen LogP contribution in [0.25, 0.3) is 0 Å². The lowest BCUT2D eigenvalue weighted by atomic mass is 9.94. The van der Waals surface area contributed by atoms with E-state index in [4.69, 9.17) is 14.2 Å². The number of anilines is 2. The van der Waals surface area contributed by atoms with Gasteiger partial charge in [0.1, 0.15) is 30.5 Å². The molecule has 2 heterocycles. The number of fused-ring (bicyclic) bond motifs is 1. The number of nitrogens with zero attached hydrogens (tertiary/aromatic N) is 3. The first-order chi connectivity index (χ1) is 19.0. The van der Waals surface area contributed by atoms with Crippen molar-refractivity contribution in [2.45, 2.75) is 26.5 Å². The second-order valence-corrected chi connectivity index (χ2v) is 8.77. The topological polar surface area (TPSA) is 99.5 Å². The van der Waals surface area contributed by atoms with Crippen LogP contribution in [-0.2, 0) is 11.4 Å². The molecule has 1 atom stereocenters. The Balaban J connectivity index is 1.50. The lowest BCUT2D eigenvalue weighted by Crippen LogP contribution is -2.31. The molecule has 39 heavy (non-hydrogen) atoms. The molecule has 1 aliphatic heterocycles. The van der Waals surface area contributed by atoms with E-state index in [2.05, 4.69) is 20.7 Å². The number of carbonyl (C=O) groups is 1. The van der Waals surface area contributed by atoms with E-state index < -0.39 is 6.04 Å². The third-order valence-electron chi connectivity index (χ3n) is 6.32. The van der Waals surface area contributed by atoms with Crippen molar-refractivity contribution >= 4 is 17.5 Å². The monoisotopic (exact) mass is 529 g/mol. The van der Waals surface area contributed by atoms with E-state index in [0.29, 0.717) is 52.3 Å². The number of rotatable bonds is 9. The Kier molecular flexibility index (Phi) is 7.44. The number of aromatic nitrogens is 3. The minimum atomic E-state index is -0.613. The van der Waals surface area contributed by atoms with Crippen LogP contribution >= 0.6 is 0 Å². The van der Waals surface area contributed by atoms with E-state index >= 15 is 0 Å². The Morgan fingerprint density at radius 2 is 1.85 bits per heavy atom. The summed E-state index contributed by atoms with van der Waals surface area (Å²) in [5.41, 5.74) is 2.78. The Bertz CT molecular complexity index is 1530. The van der Waals surface area contributed by atoms with E-state index in [1.807, 2.05) is 38.1 Å². The average molecular weight is 530 g/mol. The van der Waals surface area contributed by atoms with Crippen LogP contribution in [0, 0.1) is 5.82 Å². The molecule has 0 fully saturated rings. The minimum Gasteiger partial charge on any atom is -0.495 e. The highest BCUT2D eigenvalue weighted by atomic mass is 19.1. The highest BCUT2D eigenvalue weighted by molar-refractivity contribution is 6.06. The molecule has 3 aromatic carbocycles. The van der Waals surface area contributed by atoms with Crippen molar-refractivity contribution in [2.24, 2.45) is 0 Å². The predicted octanol–water partition coefficient (Wildman–Crippen LogP) is 5.33. The summed E-state index contributed by atoms with van der Waals surface area (Å²) >= 11 is 0. The Morgan fingerprint density at radius 3 is 2.64 bits per heavy atom. The number of methoxy groups -OCH3 is 1.